The maximum Gasteiger partial charge on any atom is 0.263 e. The zero-order chi connectivity index (χ0) is 16.9. The van der Waals surface area contributed by atoms with E-state index in [4.69, 9.17) is 19.5 Å². The van der Waals surface area contributed by atoms with Crippen molar-refractivity contribution in [3.63, 3.8) is 0 Å². The first-order valence-electron chi connectivity index (χ1n) is 8.40. The van der Waals surface area contributed by atoms with Crippen LogP contribution in [0.25, 0.3) is 0 Å². The molecule has 1 aromatic carbocycles. The molecule has 0 N–H and O–H groups in total. The van der Waals surface area contributed by atoms with Crippen LogP contribution in [0, 0.1) is 11.3 Å². The van der Waals surface area contributed by atoms with Gasteiger partial charge in [-0.1, -0.05) is 12.1 Å². The van der Waals surface area contributed by atoms with Gasteiger partial charge in [-0.3, -0.25) is 4.79 Å². The maximum absolute atomic E-state index is 12.9. The monoisotopic (exact) mass is 330 g/mol. The number of benzene rings is 1. The number of para-hydroxylation sites is 1. The Morgan fingerprint density at radius 2 is 2.08 bits per heavy atom. The van der Waals surface area contributed by atoms with Gasteiger partial charge in [0.2, 0.25) is 0 Å². The summed E-state index contributed by atoms with van der Waals surface area (Å²) in [5.41, 5.74) is 0.426. The number of amides is 1. The second-order valence-electron chi connectivity index (χ2n) is 6.07. The third-order valence-corrected chi connectivity index (χ3v) is 4.45. The summed E-state index contributed by atoms with van der Waals surface area (Å²) in [6.45, 7) is 3.55. The molecule has 2 heterocycles. The van der Waals surface area contributed by atoms with Crippen molar-refractivity contribution in [2.45, 2.75) is 44.6 Å². The van der Waals surface area contributed by atoms with E-state index in [9.17, 15) is 4.79 Å². The first kappa shape index (κ1) is 16.7. The number of ether oxygens (including phenoxy) is 3. The molecule has 0 aliphatic carbocycles. The number of nitriles is 1. The lowest BCUT2D eigenvalue weighted by Crippen LogP contribution is -2.53. The van der Waals surface area contributed by atoms with Crippen molar-refractivity contribution < 1.29 is 19.0 Å². The minimum absolute atomic E-state index is 0.0639. The van der Waals surface area contributed by atoms with Crippen LogP contribution < -0.4 is 4.74 Å². The van der Waals surface area contributed by atoms with E-state index in [1.165, 1.54) is 0 Å². The highest BCUT2D eigenvalue weighted by molar-refractivity contribution is 5.81. The fourth-order valence-electron chi connectivity index (χ4n) is 3.25. The van der Waals surface area contributed by atoms with Crippen molar-refractivity contribution in [3.05, 3.63) is 29.8 Å². The fraction of sp³-hybridized carbons (Fsp3) is 0.556. The molecule has 128 valence electrons. The lowest BCUT2D eigenvalue weighted by molar-refractivity contribution is -0.156. The van der Waals surface area contributed by atoms with Gasteiger partial charge < -0.3 is 19.1 Å². The Hall–Kier alpha value is -2.10. The Kier molecular flexibility index (Phi) is 5.34. The van der Waals surface area contributed by atoms with E-state index in [1.807, 2.05) is 4.90 Å². The molecule has 24 heavy (non-hydrogen) atoms. The summed E-state index contributed by atoms with van der Waals surface area (Å²) in [5.74, 6) is 0.342. The lowest BCUT2D eigenvalue weighted by atomic mass is 10.0. The van der Waals surface area contributed by atoms with E-state index in [1.54, 1.807) is 31.2 Å². The highest BCUT2D eigenvalue weighted by Crippen LogP contribution is 2.26. The smallest absolute Gasteiger partial charge is 0.263 e. The quantitative estimate of drug-likeness (QED) is 0.845. The topological polar surface area (TPSA) is 71.8 Å². The summed E-state index contributed by atoms with van der Waals surface area (Å²) < 4.78 is 17.0. The molecule has 2 aliphatic rings. The average molecular weight is 330 g/mol. The van der Waals surface area contributed by atoms with Crippen molar-refractivity contribution >= 4 is 5.91 Å². The summed E-state index contributed by atoms with van der Waals surface area (Å²) in [7, 11) is 0. The Bertz CT molecular complexity index is 622. The van der Waals surface area contributed by atoms with E-state index in [2.05, 4.69) is 6.07 Å². The predicted octanol–water partition coefficient (Wildman–Crippen LogP) is 2.08. The fourth-order valence-corrected chi connectivity index (χ4v) is 3.25. The maximum atomic E-state index is 12.9. The Labute approximate surface area is 141 Å². The van der Waals surface area contributed by atoms with Crippen LogP contribution in [0.15, 0.2) is 24.3 Å². The summed E-state index contributed by atoms with van der Waals surface area (Å²) in [6, 6.07) is 8.96. The largest absolute Gasteiger partial charge is 0.480 e. The third kappa shape index (κ3) is 3.53. The predicted molar refractivity (Wildman–Crippen MR) is 86.3 cm³/mol. The van der Waals surface area contributed by atoms with Gasteiger partial charge in [0.25, 0.3) is 5.91 Å². The molecule has 0 aromatic heterocycles. The number of piperidine rings is 1. The van der Waals surface area contributed by atoms with Gasteiger partial charge >= 0.3 is 0 Å². The summed E-state index contributed by atoms with van der Waals surface area (Å²) in [4.78, 5) is 14.7. The number of hydrogen-bond donors (Lipinski definition) is 0. The van der Waals surface area contributed by atoms with Crippen LogP contribution in [0.4, 0.5) is 0 Å². The van der Waals surface area contributed by atoms with Crippen LogP contribution in [0.3, 0.4) is 0 Å². The standard InChI is InChI=1S/C18H22N2O4/c1-13(24-16-8-3-2-6-14(16)12-19)17(21)20-9-5-4-7-15(20)18-22-10-11-23-18/h2-3,6,8,13,15,18H,4-5,7,9-11H2,1H3/t13-,15+/m1/s1. The first-order valence-corrected chi connectivity index (χ1v) is 8.40. The van der Waals surface area contributed by atoms with Gasteiger partial charge in [-0.2, -0.15) is 5.26 Å². The molecule has 1 aromatic rings. The molecule has 2 fully saturated rings. The van der Waals surface area contributed by atoms with Gasteiger partial charge in [-0.25, -0.2) is 0 Å². The summed E-state index contributed by atoms with van der Waals surface area (Å²) >= 11 is 0. The molecule has 0 spiro atoms. The summed E-state index contributed by atoms with van der Waals surface area (Å²) in [5, 5.41) is 9.15. The minimum Gasteiger partial charge on any atom is -0.480 e. The van der Waals surface area contributed by atoms with Crippen molar-refractivity contribution in [2.75, 3.05) is 19.8 Å². The highest BCUT2D eigenvalue weighted by Gasteiger charge is 2.38. The molecule has 2 saturated heterocycles. The van der Waals surface area contributed by atoms with Crippen molar-refractivity contribution in [3.8, 4) is 11.8 Å². The van der Waals surface area contributed by atoms with Gasteiger partial charge in [-0.05, 0) is 38.3 Å². The highest BCUT2D eigenvalue weighted by atomic mass is 16.7. The van der Waals surface area contributed by atoms with Gasteiger partial charge in [-0.15, -0.1) is 0 Å². The van der Waals surface area contributed by atoms with Crippen LogP contribution >= 0.6 is 0 Å². The zero-order valence-corrected chi connectivity index (χ0v) is 13.8. The van der Waals surface area contributed by atoms with E-state index >= 15 is 0 Å². The van der Waals surface area contributed by atoms with Crippen LogP contribution in [0.5, 0.6) is 5.75 Å². The molecular formula is C18H22N2O4. The van der Waals surface area contributed by atoms with Crippen molar-refractivity contribution in [2.24, 2.45) is 0 Å². The number of carbonyl (C=O) groups is 1. The Balaban J connectivity index is 1.70. The summed E-state index contributed by atoms with van der Waals surface area (Å²) in [6.07, 6.45) is 1.90. The van der Waals surface area contributed by atoms with Gasteiger partial charge in [0.15, 0.2) is 12.4 Å². The van der Waals surface area contributed by atoms with Gasteiger partial charge in [0, 0.05) is 6.54 Å². The zero-order valence-electron chi connectivity index (χ0n) is 13.8. The van der Waals surface area contributed by atoms with Crippen LogP contribution in [-0.4, -0.2) is 49.0 Å². The number of likely N-dealkylation sites (tertiary alicyclic amines) is 1. The molecule has 6 heteroatoms. The van der Waals surface area contributed by atoms with E-state index in [-0.39, 0.29) is 18.2 Å². The molecule has 2 aliphatic heterocycles. The number of carbonyl (C=O) groups excluding carboxylic acids is 1. The van der Waals surface area contributed by atoms with Crippen molar-refractivity contribution in [1.29, 1.82) is 5.26 Å². The first-order chi connectivity index (χ1) is 11.7. The molecule has 6 nitrogen and oxygen atoms in total. The van der Waals surface area contributed by atoms with E-state index < -0.39 is 6.10 Å². The number of rotatable bonds is 4. The minimum atomic E-state index is -0.665. The molecule has 0 radical (unpaired) electrons. The molecule has 3 rings (SSSR count). The molecular weight excluding hydrogens is 308 g/mol. The van der Waals surface area contributed by atoms with Gasteiger partial charge in [0.05, 0.1) is 24.8 Å². The molecule has 2 atom stereocenters. The molecule has 0 saturated carbocycles. The van der Waals surface area contributed by atoms with Crippen LogP contribution in [0.1, 0.15) is 31.7 Å². The van der Waals surface area contributed by atoms with Crippen LogP contribution in [0.2, 0.25) is 0 Å². The molecule has 0 bridgehead atoms. The third-order valence-electron chi connectivity index (χ3n) is 4.45. The molecule has 1 amide bonds. The van der Waals surface area contributed by atoms with Gasteiger partial charge in [0.1, 0.15) is 11.8 Å². The average Bonchev–Trinajstić information content (AvgIpc) is 3.16. The number of nitrogens with zero attached hydrogens (tertiary/aromatic N) is 2. The Morgan fingerprint density at radius 1 is 1.33 bits per heavy atom. The Morgan fingerprint density at radius 3 is 2.83 bits per heavy atom. The van der Waals surface area contributed by atoms with Crippen molar-refractivity contribution in [1.82, 2.24) is 4.90 Å². The second-order valence-corrected chi connectivity index (χ2v) is 6.07. The lowest BCUT2D eigenvalue weighted by Gasteiger charge is -2.39. The molecule has 0 unspecified atom stereocenters. The van der Waals surface area contributed by atoms with E-state index in [0.29, 0.717) is 31.1 Å². The second kappa shape index (κ2) is 7.65. The normalized spacial score (nSPS) is 22.8. The van der Waals surface area contributed by atoms with E-state index in [0.717, 1.165) is 19.3 Å². The number of hydrogen-bond acceptors (Lipinski definition) is 5. The SMILES string of the molecule is C[C@@H](Oc1ccccc1C#N)C(=O)N1CCCC[C@H]1C1OCCO1. The van der Waals surface area contributed by atoms with Crippen LogP contribution in [-0.2, 0) is 14.3 Å².